The summed E-state index contributed by atoms with van der Waals surface area (Å²) in [6, 6.07) is 0.137. The number of imidazole rings is 1. The highest BCUT2D eigenvalue weighted by molar-refractivity contribution is 7.09. The standard InChI is InChI=1S/C16H23N5OS/c1-10(2)19-16(22)12-5-21(7-14-11(3)18-9-23-14)6-13-15(12)20(4)8-17-13/h8-10,12H,5-7H2,1-4H3,(H,19,22). The van der Waals surface area contributed by atoms with Gasteiger partial charge in [-0.2, -0.15) is 0 Å². The van der Waals surface area contributed by atoms with Gasteiger partial charge in [-0.15, -0.1) is 11.3 Å². The highest BCUT2D eigenvalue weighted by Crippen LogP contribution is 2.29. The molecule has 1 atom stereocenters. The Morgan fingerprint density at radius 3 is 2.91 bits per heavy atom. The molecule has 0 aliphatic carbocycles. The Kier molecular flexibility index (Phi) is 4.50. The van der Waals surface area contributed by atoms with Crippen molar-refractivity contribution in [1.82, 2.24) is 24.8 Å². The fourth-order valence-electron chi connectivity index (χ4n) is 3.07. The molecule has 2 aromatic heterocycles. The van der Waals surface area contributed by atoms with E-state index >= 15 is 0 Å². The first-order chi connectivity index (χ1) is 11.0. The molecule has 124 valence electrons. The zero-order chi connectivity index (χ0) is 16.6. The first-order valence-electron chi connectivity index (χ1n) is 7.87. The number of carbonyl (C=O) groups excluding carboxylic acids is 1. The molecule has 3 rings (SSSR count). The van der Waals surface area contributed by atoms with Crippen LogP contribution in [0.3, 0.4) is 0 Å². The molecule has 23 heavy (non-hydrogen) atoms. The lowest BCUT2D eigenvalue weighted by Crippen LogP contribution is -2.43. The Labute approximate surface area is 140 Å². The van der Waals surface area contributed by atoms with E-state index in [0.717, 1.165) is 30.2 Å². The van der Waals surface area contributed by atoms with Gasteiger partial charge in [0.1, 0.15) is 0 Å². The van der Waals surface area contributed by atoms with Crippen LogP contribution in [0.15, 0.2) is 11.8 Å². The first-order valence-corrected chi connectivity index (χ1v) is 8.75. The predicted molar refractivity (Wildman–Crippen MR) is 90.2 cm³/mol. The van der Waals surface area contributed by atoms with Gasteiger partial charge in [-0.05, 0) is 20.8 Å². The van der Waals surface area contributed by atoms with Crippen molar-refractivity contribution in [2.24, 2.45) is 7.05 Å². The summed E-state index contributed by atoms with van der Waals surface area (Å²) >= 11 is 1.67. The SMILES string of the molecule is Cc1ncsc1CN1Cc2ncn(C)c2C(C(=O)NC(C)C)C1. The zero-order valence-electron chi connectivity index (χ0n) is 14.0. The third-order valence-electron chi connectivity index (χ3n) is 4.17. The van der Waals surface area contributed by atoms with Crippen LogP contribution in [0.1, 0.15) is 41.7 Å². The number of carbonyl (C=O) groups is 1. The lowest BCUT2D eigenvalue weighted by Gasteiger charge is -2.32. The molecule has 1 N–H and O–H groups in total. The van der Waals surface area contributed by atoms with E-state index in [1.165, 1.54) is 4.88 Å². The van der Waals surface area contributed by atoms with Crippen molar-refractivity contribution < 1.29 is 4.79 Å². The smallest absolute Gasteiger partial charge is 0.230 e. The van der Waals surface area contributed by atoms with Gasteiger partial charge in [0, 0.05) is 37.6 Å². The lowest BCUT2D eigenvalue weighted by molar-refractivity contribution is -0.124. The zero-order valence-corrected chi connectivity index (χ0v) is 14.9. The minimum absolute atomic E-state index is 0.0792. The molecule has 1 amide bonds. The number of aryl methyl sites for hydroxylation is 2. The van der Waals surface area contributed by atoms with Crippen molar-refractivity contribution in [1.29, 1.82) is 0 Å². The van der Waals surface area contributed by atoms with E-state index in [4.69, 9.17) is 0 Å². The molecule has 0 saturated carbocycles. The second-order valence-electron chi connectivity index (χ2n) is 6.43. The minimum Gasteiger partial charge on any atom is -0.353 e. The largest absolute Gasteiger partial charge is 0.353 e. The summed E-state index contributed by atoms with van der Waals surface area (Å²) < 4.78 is 1.98. The van der Waals surface area contributed by atoms with Gasteiger partial charge in [-0.1, -0.05) is 0 Å². The van der Waals surface area contributed by atoms with E-state index in [1.807, 2.05) is 44.2 Å². The number of aromatic nitrogens is 3. The quantitative estimate of drug-likeness (QED) is 0.927. The van der Waals surface area contributed by atoms with Gasteiger partial charge >= 0.3 is 0 Å². The number of hydrogen-bond acceptors (Lipinski definition) is 5. The molecule has 6 nitrogen and oxygen atoms in total. The minimum atomic E-state index is -0.179. The molecule has 2 aromatic rings. The fraction of sp³-hybridized carbons (Fsp3) is 0.562. The maximum Gasteiger partial charge on any atom is 0.230 e. The molecule has 7 heteroatoms. The van der Waals surface area contributed by atoms with Crippen LogP contribution in [0, 0.1) is 6.92 Å². The van der Waals surface area contributed by atoms with Gasteiger partial charge < -0.3 is 9.88 Å². The van der Waals surface area contributed by atoms with Crippen molar-refractivity contribution in [3.63, 3.8) is 0 Å². The van der Waals surface area contributed by atoms with Gasteiger partial charge in [0.2, 0.25) is 5.91 Å². The summed E-state index contributed by atoms with van der Waals surface area (Å²) in [5, 5.41) is 3.04. The van der Waals surface area contributed by atoms with Crippen LogP contribution >= 0.6 is 11.3 Å². The molecule has 0 aromatic carbocycles. The third kappa shape index (κ3) is 3.30. The second-order valence-corrected chi connectivity index (χ2v) is 7.37. The van der Waals surface area contributed by atoms with Crippen LogP contribution in [-0.4, -0.2) is 37.9 Å². The summed E-state index contributed by atoms with van der Waals surface area (Å²) in [5.74, 6) is -0.0996. The van der Waals surface area contributed by atoms with E-state index in [9.17, 15) is 4.79 Å². The number of hydrogen-bond donors (Lipinski definition) is 1. The average molecular weight is 333 g/mol. The van der Waals surface area contributed by atoms with Crippen LogP contribution in [-0.2, 0) is 24.9 Å². The predicted octanol–water partition coefficient (Wildman–Crippen LogP) is 1.81. The topological polar surface area (TPSA) is 63.1 Å². The molecule has 0 fully saturated rings. The van der Waals surface area contributed by atoms with Crippen molar-refractivity contribution in [2.75, 3.05) is 6.54 Å². The van der Waals surface area contributed by atoms with Crippen LogP contribution in [0.2, 0.25) is 0 Å². The van der Waals surface area contributed by atoms with Gasteiger partial charge in [0.25, 0.3) is 0 Å². The maximum atomic E-state index is 12.6. The lowest BCUT2D eigenvalue weighted by atomic mass is 9.96. The van der Waals surface area contributed by atoms with Crippen molar-refractivity contribution in [3.8, 4) is 0 Å². The number of fused-ring (bicyclic) bond motifs is 1. The third-order valence-corrected chi connectivity index (χ3v) is 5.09. The van der Waals surface area contributed by atoms with Crippen LogP contribution < -0.4 is 5.32 Å². The van der Waals surface area contributed by atoms with Gasteiger partial charge in [0.05, 0.1) is 34.8 Å². The van der Waals surface area contributed by atoms with Crippen molar-refractivity contribution in [3.05, 3.63) is 33.8 Å². The highest BCUT2D eigenvalue weighted by atomic mass is 32.1. The van der Waals surface area contributed by atoms with E-state index < -0.39 is 0 Å². The summed E-state index contributed by atoms with van der Waals surface area (Å²) in [4.78, 5) is 25.0. The van der Waals surface area contributed by atoms with Crippen molar-refractivity contribution in [2.45, 2.75) is 45.8 Å². The fourth-order valence-corrected chi connectivity index (χ4v) is 3.89. The molecular formula is C16H23N5OS. The van der Waals surface area contributed by atoms with E-state index in [-0.39, 0.29) is 17.9 Å². The summed E-state index contributed by atoms with van der Waals surface area (Å²) in [5.41, 5.74) is 5.00. The van der Waals surface area contributed by atoms with Crippen molar-refractivity contribution >= 4 is 17.2 Å². The first kappa shape index (κ1) is 16.1. The van der Waals surface area contributed by atoms with E-state index in [2.05, 4.69) is 20.2 Å². The Balaban J connectivity index is 1.84. The summed E-state index contributed by atoms with van der Waals surface area (Å²) in [6.07, 6.45) is 1.81. The van der Waals surface area contributed by atoms with Crippen LogP contribution in [0.25, 0.3) is 0 Å². The van der Waals surface area contributed by atoms with Crippen LogP contribution in [0.4, 0.5) is 0 Å². The molecule has 1 aliphatic heterocycles. The second kappa shape index (κ2) is 6.41. The monoisotopic (exact) mass is 333 g/mol. The summed E-state index contributed by atoms with van der Waals surface area (Å²) in [6.45, 7) is 8.32. The highest BCUT2D eigenvalue weighted by Gasteiger charge is 2.34. The average Bonchev–Trinajstić information content (AvgIpc) is 3.05. The maximum absolute atomic E-state index is 12.6. The normalized spacial score (nSPS) is 18.2. The van der Waals surface area contributed by atoms with Gasteiger partial charge in [-0.25, -0.2) is 9.97 Å². The Morgan fingerprint density at radius 1 is 1.48 bits per heavy atom. The molecular weight excluding hydrogens is 310 g/mol. The molecule has 1 unspecified atom stereocenters. The van der Waals surface area contributed by atoms with Gasteiger partial charge in [-0.3, -0.25) is 9.69 Å². The molecule has 0 bridgehead atoms. The number of nitrogens with zero attached hydrogens (tertiary/aromatic N) is 4. The summed E-state index contributed by atoms with van der Waals surface area (Å²) in [7, 11) is 1.96. The number of nitrogens with one attached hydrogen (secondary N) is 1. The molecule has 1 aliphatic rings. The Morgan fingerprint density at radius 2 is 2.26 bits per heavy atom. The molecule has 3 heterocycles. The van der Waals surface area contributed by atoms with Gasteiger partial charge in [0.15, 0.2) is 0 Å². The number of rotatable bonds is 4. The Bertz CT molecular complexity index is 705. The Hall–Kier alpha value is -1.73. The molecule has 0 spiro atoms. The van der Waals surface area contributed by atoms with Crippen LogP contribution in [0.5, 0.6) is 0 Å². The molecule has 0 radical (unpaired) electrons. The number of thiazole rings is 1. The molecule has 0 saturated heterocycles. The van der Waals surface area contributed by atoms with E-state index in [0.29, 0.717) is 6.54 Å². The van der Waals surface area contributed by atoms with E-state index in [1.54, 1.807) is 11.3 Å². The number of amides is 1.